The van der Waals surface area contributed by atoms with Gasteiger partial charge < -0.3 is 15.5 Å². The summed E-state index contributed by atoms with van der Waals surface area (Å²) >= 11 is 4.97. The van der Waals surface area contributed by atoms with Crippen molar-refractivity contribution in [1.82, 2.24) is 9.80 Å². The zero-order chi connectivity index (χ0) is 13.2. The van der Waals surface area contributed by atoms with Crippen molar-refractivity contribution in [3.05, 3.63) is 0 Å². The number of carbonyl (C=O) groups is 1. The molecule has 17 heavy (non-hydrogen) atoms. The Morgan fingerprint density at radius 3 is 2.59 bits per heavy atom. The number of likely N-dealkylation sites (tertiary alicyclic amines) is 1. The van der Waals surface area contributed by atoms with E-state index in [1.807, 2.05) is 11.9 Å². The van der Waals surface area contributed by atoms with Gasteiger partial charge in [-0.05, 0) is 40.3 Å². The van der Waals surface area contributed by atoms with E-state index in [1.165, 1.54) is 0 Å². The van der Waals surface area contributed by atoms with E-state index in [0.717, 1.165) is 25.9 Å². The van der Waals surface area contributed by atoms with Crippen molar-refractivity contribution in [2.75, 3.05) is 27.2 Å². The number of nitrogens with zero attached hydrogens (tertiary/aromatic N) is 2. The molecule has 0 aromatic carbocycles. The van der Waals surface area contributed by atoms with Gasteiger partial charge in [-0.3, -0.25) is 4.79 Å². The number of likely N-dealkylation sites (N-methyl/N-ethyl adjacent to an activating group) is 2. The van der Waals surface area contributed by atoms with Crippen molar-refractivity contribution < 1.29 is 4.79 Å². The first kappa shape index (κ1) is 14.4. The highest BCUT2D eigenvalue weighted by molar-refractivity contribution is 7.80. The van der Waals surface area contributed by atoms with Crippen LogP contribution in [0.1, 0.15) is 26.7 Å². The molecule has 1 aliphatic rings. The fourth-order valence-electron chi connectivity index (χ4n) is 2.17. The van der Waals surface area contributed by atoms with E-state index in [-0.39, 0.29) is 16.9 Å². The van der Waals surface area contributed by atoms with Crippen molar-refractivity contribution >= 4 is 23.1 Å². The summed E-state index contributed by atoms with van der Waals surface area (Å²) in [4.78, 5) is 16.7. The number of hydrogen-bond donors (Lipinski definition) is 1. The molecule has 1 saturated heterocycles. The third-order valence-corrected chi connectivity index (χ3v) is 4.13. The predicted molar refractivity (Wildman–Crippen MR) is 73.9 cm³/mol. The molecule has 0 radical (unpaired) electrons. The molecule has 1 fully saturated rings. The van der Waals surface area contributed by atoms with Crippen molar-refractivity contribution in [2.45, 2.75) is 32.7 Å². The highest BCUT2D eigenvalue weighted by Crippen LogP contribution is 2.22. The average molecular weight is 257 g/mol. The molecule has 0 aromatic heterocycles. The zero-order valence-electron chi connectivity index (χ0n) is 11.2. The van der Waals surface area contributed by atoms with Gasteiger partial charge in [-0.2, -0.15) is 0 Å². The maximum atomic E-state index is 12.4. The van der Waals surface area contributed by atoms with E-state index < -0.39 is 5.41 Å². The van der Waals surface area contributed by atoms with Gasteiger partial charge in [0.05, 0.1) is 10.4 Å². The summed E-state index contributed by atoms with van der Waals surface area (Å²) in [5.74, 6) is 0.0188. The van der Waals surface area contributed by atoms with Crippen LogP contribution in [-0.2, 0) is 4.79 Å². The highest BCUT2D eigenvalue weighted by Gasteiger charge is 2.36. The predicted octanol–water partition coefficient (Wildman–Crippen LogP) is 0.851. The van der Waals surface area contributed by atoms with Gasteiger partial charge in [0, 0.05) is 19.6 Å². The highest BCUT2D eigenvalue weighted by atomic mass is 32.1. The van der Waals surface area contributed by atoms with Crippen LogP contribution in [0.25, 0.3) is 0 Å². The van der Waals surface area contributed by atoms with Crippen LogP contribution in [0.4, 0.5) is 0 Å². The molecule has 0 bridgehead atoms. The van der Waals surface area contributed by atoms with Crippen molar-refractivity contribution in [3.63, 3.8) is 0 Å². The van der Waals surface area contributed by atoms with Crippen LogP contribution in [0, 0.1) is 5.41 Å². The summed E-state index contributed by atoms with van der Waals surface area (Å²) in [5.41, 5.74) is 4.89. The molecule has 0 aliphatic carbocycles. The topological polar surface area (TPSA) is 49.6 Å². The van der Waals surface area contributed by atoms with E-state index in [1.54, 1.807) is 13.8 Å². The van der Waals surface area contributed by atoms with E-state index in [0.29, 0.717) is 0 Å². The molecule has 1 heterocycles. The first-order chi connectivity index (χ1) is 7.76. The first-order valence-corrected chi connectivity index (χ1v) is 6.43. The lowest BCUT2D eigenvalue weighted by atomic mass is 9.90. The normalized spacial score (nSPS) is 22.2. The average Bonchev–Trinajstić information content (AvgIpc) is 2.26. The van der Waals surface area contributed by atoms with Gasteiger partial charge in [-0.15, -0.1) is 0 Å². The molecular formula is C12H23N3OS. The minimum Gasteiger partial charge on any atom is -0.392 e. The molecule has 1 amide bonds. The van der Waals surface area contributed by atoms with Crippen LogP contribution in [0.15, 0.2) is 0 Å². The van der Waals surface area contributed by atoms with Gasteiger partial charge in [-0.1, -0.05) is 12.2 Å². The molecule has 1 rings (SSSR count). The summed E-state index contributed by atoms with van der Waals surface area (Å²) in [7, 11) is 3.94. The lowest BCUT2D eigenvalue weighted by Crippen LogP contribution is -2.53. The second-order valence-corrected chi connectivity index (χ2v) is 5.90. The lowest BCUT2D eigenvalue weighted by Gasteiger charge is -2.39. The largest absolute Gasteiger partial charge is 0.392 e. The first-order valence-electron chi connectivity index (χ1n) is 6.02. The molecule has 1 unspecified atom stereocenters. The van der Waals surface area contributed by atoms with Crippen LogP contribution in [0.5, 0.6) is 0 Å². The summed E-state index contributed by atoms with van der Waals surface area (Å²) in [6.07, 6.45) is 2.19. The van der Waals surface area contributed by atoms with Crippen molar-refractivity contribution in [3.8, 4) is 0 Å². The third kappa shape index (κ3) is 3.16. The van der Waals surface area contributed by atoms with Gasteiger partial charge in [0.1, 0.15) is 0 Å². The van der Waals surface area contributed by atoms with Gasteiger partial charge in [0.15, 0.2) is 0 Å². The Labute approximate surface area is 109 Å². The van der Waals surface area contributed by atoms with Gasteiger partial charge in [0.25, 0.3) is 0 Å². The molecular weight excluding hydrogens is 234 g/mol. The second-order valence-electron chi connectivity index (χ2n) is 5.46. The number of thiocarbonyl (C=S) groups is 1. The summed E-state index contributed by atoms with van der Waals surface area (Å²) < 4.78 is 0. The number of nitrogens with two attached hydrogens (primary N) is 1. The number of piperidine rings is 1. The molecule has 98 valence electrons. The number of carbonyl (C=O) groups excluding carboxylic acids is 1. The van der Waals surface area contributed by atoms with E-state index in [9.17, 15) is 4.79 Å². The summed E-state index contributed by atoms with van der Waals surface area (Å²) in [6.45, 7) is 5.62. The minimum atomic E-state index is -0.750. The maximum absolute atomic E-state index is 12.4. The second kappa shape index (κ2) is 5.31. The van der Waals surface area contributed by atoms with Crippen LogP contribution < -0.4 is 5.73 Å². The molecule has 1 aliphatic heterocycles. The van der Waals surface area contributed by atoms with Crippen LogP contribution in [0.2, 0.25) is 0 Å². The summed E-state index contributed by atoms with van der Waals surface area (Å²) in [6, 6.07) is 0.273. The molecule has 1 atom stereocenters. The Kier molecular flexibility index (Phi) is 4.49. The fourth-order valence-corrected chi connectivity index (χ4v) is 2.25. The van der Waals surface area contributed by atoms with Crippen LogP contribution >= 0.6 is 12.2 Å². The lowest BCUT2D eigenvalue weighted by molar-refractivity contribution is -0.138. The number of rotatable bonds is 3. The Morgan fingerprint density at radius 2 is 2.12 bits per heavy atom. The van der Waals surface area contributed by atoms with Gasteiger partial charge in [0.2, 0.25) is 5.91 Å². The fraction of sp³-hybridized carbons (Fsp3) is 0.833. The minimum absolute atomic E-state index is 0.0188. The quantitative estimate of drug-likeness (QED) is 0.762. The smallest absolute Gasteiger partial charge is 0.235 e. The zero-order valence-corrected chi connectivity index (χ0v) is 12.0. The van der Waals surface area contributed by atoms with E-state index in [4.69, 9.17) is 18.0 Å². The molecule has 0 spiro atoms. The van der Waals surface area contributed by atoms with Crippen molar-refractivity contribution in [2.24, 2.45) is 11.1 Å². The van der Waals surface area contributed by atoms with E-state index >= 15 is 0 Å². The SMILES string of the molecule is CN1CCCC(N(C)C(=O)C(C)(C)C(N)=S)C1. The number of amides is 1. The Balaban J connectivity index is 2.72. The van der Waals surface area contributed by atoms with Crippen LogP contribution in [-0.4, -0.2) is 53.9 Å². The van der Waals surface area contributed by atoms with Crippen LogP contribution in [0.3, 0.4) is 0 Å². The monoisotopic (exact) mass is 257 g/mol. The third-order valence-electron chi connectivity index (χ3n) is 3.62. The van der Waals surface area contributed by atoms with Gasteiger partial charge >= 0.3 is 0 Å². The molecule has 0 aromatic rings. The Hall–Kier alpha value is -0.680. The van der Waals surface area contributed by atoms with E-state index in [2.05, 4.69) is 11.9 Å². The molecule has 0 saturated carbocycles. The Bertz CT molecular complexity index is 317. The van der Waals surface area contributed by atoms with Gasteiger partial charge in [-0.25, -0.2) is 0 Å². The Morgan fingerprint density at radius 1 is 1.53 bits per heavy atom. The molecule has 5 heteroatoms. The standard InChI is InChI=1S/C12H23N3OS/c1-12(2,10(13)17)11(16)15(4)9-6-5-7-14(3)8-9/h9H,5-8H2,1-4H3,(H2,13,17). The molecule has 4 nitrogen and oxygen atoms in total. The van der Waals surface area contributed by atoms with Crippen molar-refractivity contribution in [1.29, 1.82) is 0 Å². The number of hydrogen-bond acceptors (Lipinski definition) is 3. The molecule has 2 N–H and O–H groups in total. The maximum Gasteiger partial charge on any atom is 0.235 e. The summed E-state index contributed by atoms with van der Waals surface area (Å²) in [5, 5.41) is 0.